The van der Waals surface area contributed by atoms with Crippen molar-refractivity contribution in [2.24, 2.45) is 10.8 Å². The van der Waals surface area contributed by atoms with E-state index in [9.17, 15) is 0 Å². The molecular formula is C19H29N. The lowest BCUT2D eigenvalue weighted by molar-refractivity contribution is 0.493. The maximum atomic E-state index is 4.09. The van der Waals surface area contributed by atoms with Crippen LogP contribution in [0.4, 0.5) is 0 Å². The van der Waals surface area contributed by atoms with Crippen molar-refractivity contribution in [2.75, 3.05) is 0 Å². The highest BCUT2D eigenvalue weighted by atomic mass is 14.9. The summed E-state index contributed by atoms with van der Waals surface area (Å²) in [5.41, 5.74) is 4.89. The Hall–Kier alpha value is -1.50. The molecule has 0 aromatic carbocycles. The summed E-state index contributed by atoms with van der Waals surface area (Å²) in [5, 5.41) is 3.42. The molecule has 1 N–H and O–H groups in total. The molecule has 0 unspecified atom stereocenters. The van der Waals surface area contributed by atoms with Gasteiger partial charge in [-0.3, -0.25) is 0 Å². The fraction of sp³-hybridized carbons (Fsp3) is 0.474. The van der Waals surface area contributed by atoms with Gasteiger partial charge in [0, 0.05) is 11.4 Å². The molecule has 110 valence electrons. The van der Waals surface area contributed by atoms with Crippen molar-refractivity contribution in [2.45, 2.75) is 48.5 Å². The molecule has 0 atom stereocenters. The third kappa shape index (κ3) is 4.26. The zero-order valence-corrected chi connectivity index (χ0v) is 14.1. The van der Waals surface area contributed by atoms with Crippen LogP contribution in [0.1, 0.15) is 48.5 Å². The van der Waals surface area contributed by atoms with Crippen LogP contribution in [0.25, 0.3) is 0 Å². The van der Waals surface area contributed by atoms with E-state index in [0.717, 1.165) is 11.4 Å². The summed E-state index contributed by atoms with van der Waals surface area (Å²) >= 11 is 0. The molecule has 0 aromatic heterocycles. The predicted molar refractivity (Wildman–Crippen MR) is 90.2 cm³/mol. The summed E-state index contributed by atoms with van der Waals surface area (Å²) in [6, 6.07) is 0. The smallest absolute Gasteiger partial charge is 0.0418 e. The Morgan fingerprint density at radius 2 is 1.60 bits per heavy atom. The van der Waals surface area contributed by atoms with Gasteiger partial charge in [-0.05, 0) is 41.1 Å². The van der Waals surface area contributed by atoms with Gasteiger partial charge in [0.1, 0.15) is 0 Å². The molecule has 0 saturated carbocycles. The lowest BCUT2D eigenvalue weighted by Gasteiger charge is -2.29. The fourth-order valence-corrected chi connectivity index (χ4v) is 2.14. The highest BCUT2D eigenvalue weighted by Crippen LogP contribution is 2.35. The van der Waals surface area contributed by atoms with Crippen LogP contribution in [0.5, 0.6) is 0 Å². The van der Waals surface area contributed by atoms with E-state index in [2.05, 4.69) is 83.8 Å². The van der Waals surface area contributed by atoms with Crippen molar-refractivity contribution in [1.29, 1.82) is 0 Å². The van der Waals surface area contributed by atoms with Crippen LogP contribution >= 0.6 is 0 Å². The molecule has 1 heterocycles. The van der Waals surface area contributed by atoms with E-state index in [1.807, 2.05) is 6.92 Å². The Morgan fingerprint density at radius 3 is 2.05 bits per heavy atom. The summed E-state index contributed by atoms with van der Waals surface area (Å²) < 4.78 is 0. The second-order valence-corrected chi connectivity index (χ2v) is 7.41. The lowest BCUT2D eigenvalue weighted by atomic mass is 9.78. The number of nitrogens with one attached hydrogen (secondary N) is 1. The van der Waals surface area contributed by atoms with Crippen molar-refractivity contribution in [1.82, 2.24) is 5.32 Å². The van der Waals surface area contributed by atoms with Crippen LogP contribution < -0.4 is 5.32 Å². The van der Waals surface area contributed by atoms with E-state index in [1.54, 1.807) is 0 Å². The number of allylic oxidation sites excluding steroid dienone is 7. The first kappa shape index (κ1) is 16.6. The van der Waals surface area contributed by atoms with E-state index in [1.165, 1.54) is 11.1 Å². The quantitative estimate of drug-likeness (QED) is 0.663. The van der Waals surface area contributed by atoms with Crippen LogP contribution in [0.3, 0.4) is 0 Å². The zero-order chi connectivity index (χ0) is 15.6. The molecule has 1 aliphatic rings. The van der Waals surface area contributed by atoms with Crippen molar-refractivity contribution in [3.05, 3.63) is 59.5 Å². The summed E-state index contributed by atoms with van der Waals surface area (Å²) in [6.07, 6.45) is 10.7. The van der Waals surface area contributed by atoms with Gasteiger partial charge in [0.15, 0.2) is 0 Å². The first-order valence-corrected chi connectivity index (χ1v) is 7.29. The van der Waals surface area contributed by atoms with Crippen molar-refractivity contribution < 1.29 is 0 Å². The summed E-state index contributed by atoms with van der Waals surface area (Å²) in [5.74, 6) is 0. The Labute approximate surface area is 124 Å². The molecule has 0 saturated heterocycles. The van der Waals surface area contributed by atoms with Crippen LogP contribution in [0, 0.1) is 10.8 Å². The molecule has 1 rings (SSSR count). The normalized spacial score (nSPS) is 25.8. The molecule has 20 heavy (non-hydrogen) atoms. The van der Waals surface area contributed by atoms with E-state index in [-0.39, 0.29) is 10.8 Å². The molecule has 0 radical (unpaired) electrons. The van der Waals surface area contributed by atoms with Crippen LogP contribution in [-0.2, 0) is 0 Å². The molecule has 0 fully saturated rings. The third-order valence-electron chi connectivity index (χ3n) is 3.36. The van der Waals surface area contributed by atoms with Crippen LogP contribution in [0.15, 0.2) is 59.5 Å². The Kier molecular flexibility index (Phi) is 4.86. The molecule has 0 amide bonds. The second-order valence-electron chi connectivity index (χ2n) is 7.41. The highest BCUT2D eigenvalue weighted by molar-refractivity contribution is 5.46. The van der Waals surface area contributed by atoms with Gasteiger partial charge in [-0.25, -0.2) is 0 Å². The average molecular weight is 271 g/mol. The topological polar surface area (TPSA) is 12.0 Å². The van der Waals surface area contributed by atoms with Crippen molar-refractivity contribution in [3.63, 3.8) is 0 Å². The van der Waals surface area contributed by atoms with Crippen molar-refractivity contribution >= 4 is 0 Å². The zero-order valence-electron chi connectivity index (χ0n) is 14.1. The van der Waals surface area contributed by atoms with Gasteiger partial charge in [-0.15, -0.1) is 0 Å². The first-order valence-electron chi connectivity index (χ1n) is 7.29. The standard InChI is InChI=1S/C19H29N/c1-9-10-17-16(19(6,7)8)13-15(18(3,4)5)12-11-14(2)20-17/h9-13,20H,2H2,1,3-8H3/b10-9-,12-11-,15-13+,17-16+. The van der Waals surface area contributed by atoms with Gasteiger partial charge >= 0.3 is 0 Å². The molecule has 1 nitrogen and oxygen atoms in total. The minimum Gasteiger partial charge on any atom is -0.356 e. The maximum Gasteiger partial charge on any atom is 0.0418 e. The first-order chi connectivity index (χ1) is 9.05. The third-order valence-corrected chi connectivity index (χ3v) is 3.36. The van der Waals surface area contributed by atoms with E-state index in [4.69, 9.17) is 0 Å². The number of hydrogen-bond acceptors (Lipinski definition) is 1. The van der Waals surface area contributed by atoms with Gasteiger partial charge in [0.2, 0.25) is 0 Å². The van der Waals surface area contributed by atoms with E-state index >= 15 is 0 Å². The minimum absolute atomic E-state index is 0.0732. The van der Waals surface area contributed by atoms with Gasteiger partial charge in [0.25, 0.3) is 0 Å². The molecular weight excluding hydrogens is 242 g/mol. The molecule has 1 heteroatoms. The van der Waals surface area contributed by atoms with E-state index in [0.29, 0.717) is 0 Å². The summed E-state index contributed by atoms with van der Waals surface area (Å²) in [7, 11) is 0. The van der Waals surface area contributed by atoms with Crippen molar-refractivity contribution in [3.8, 4) is 0 Å². The maximum absolute atomic E-state index is 4.09. The molecule has 0 bridgehead atoms. The minimum atomic E-state index is 0.0732. The Morgan fingerprint density at radius 1 is 1.00 bits per heavy atom. The fourth-order valence-electron chi connectivity index (χ4n) is 2.14. The molecule has 1 aliphatic heterocycles. The van der Waals surface area contributed by atoms with Gasteiger partial charge in [0.05, 0.1) is 0 Å². The molecule has 0 aromatic rings. The average Bonchev–Trinajstić information content (AvgIpc) is 2.22. The van der Waals surface area contributed by atoms with Crippen LogP contribution in [0.2, 0.25) is 0 Å². The number of rotatable bonds is 1. The highest BCUT2D eigenvalue weighted by Gasteiger charge is 2.23. The monoisotopic (exact) mass is 271 g/mol. The lowest BCUT2D eigenvalue weighted by Crippen LogP contribution is -2.21. The predicted octanol–water partition coefficient (Wildman–Crippen LogP) is 5.51. The number of hydrogen-bond donors (Lipinski definition) is 1. The summed E-state index contributed by atoms with van der Waals surface area (Å²) in [4.78, 5) is 0. The Balaban J connectivity index is 3.58. The summed E-state index contributed by atoms with van der Waals surface area (Å²) in [6.45, 7) is 19.6. The second kappa shape index (κ2) is 5.87. The Bertz CT molecular complexity index is 497. The molecule has 0 aliphatic carbocycles. The van der Waals surface area contributed by atoms with Crippen LogP contribution in [-0.4, -0.2) is 0 Å². The van der Waals surface area contributed by atoms with Gasteiger partial charge in [-0.2, -0.15) is 0 Å². The molecule has 0 spiro atoms. The van der Waals surface area contributed by atoms with E-state index < -0.39 is 0 Å². The largest absolute Gasteiger partial charge is 0.356 e. The van der Waals surface area contributed by atoms with Gasteiger partial charge < -0.3 is 5.32 Å². The van der Waals surface area contributed by atoms with Gasteiger partial charge in [-0.1, -0.05) is 66.3 Å². The SMILES string of the molecule is C=C1\C=C/C(C(C)(C)C)=C\C(C(C)(C)C)=C(\C=C/C)N1.